The molecule has 6 nitrogen and oxygen atoms in total. The zero-order valence-corrected chi connectivity index (χ0v) is 24.4. The SMILES string of the molecule is CCCCCC(NC(=O)CCc1ccc(O)c(C(C)(C)C)c1)NC(=O)CCc1ccc(O)c(C(C)(C)C)c1. The Morgan fingerprint density at radius 1 is 0.737 bits per heavy atom. The molecule has 210 valence electrons. The summed E-state index contributed by atoms with van der Waals surface area (Å²) >= 11 is 0. The molecule has 0 aliphatic rings. The number of phenols is 2. The van der Waals surface area contributed by atoms with Crippen molar-refractivity contribution in [3.63, 3.8) is 0 Å². The van der Waals surface area contributed by atoms with E-state index in [1.54, 1.807) is 12.1 Å². The van der Waals surface area contributed by atoms with Crippen molar-refractivity contribution in [1.82, 2.24) is 10.6 Å². The molecule has 0 aromatic heterocycles. The minimum atomic E-state index is -0.406. The Balaban J connectivity index is 1.96. The Morgan fingerprint density at radius 2 is 1.16 bits per heavy atom. The van der Waals surface area contributed by atoms with E-state index in [9.17, 15) is 19.8 Å². The number of unbranched alkanes of at least 4 members (excludes halogenated alkanes) is 2. The Morgan fingerprint density at radius 3 is 1.53 bits per heavy atom. The van der Waals surface area contributed by atoms with Crippen molar-refractivity contribution in [2.75, 3.05) is 0 Å². The molecule has 0 spiro atoms. The number of phenolic OH excluding ortho intramolecular Hbond substituents is 2. The molecule has 4 N–H and O–H groups in total. The largest absolute Gasteiger partial charge is 0.508 e. The van der Waals surface area contributed by atoms with E-state index in [1.165, 1.54) is 0 Å². The Bertz CT molecular complexity index is 998. The zero-order chi connectivity index (χ0) is 28.5. The second kappa shape index (κ2) is 13.7. The first-order valence-corrected chi connectivity index (χ1v) is 13.9. The summed E-state index contributed by atoms with van der Waals surface area (Å²) in [6.45, 7) is 14.4. The molecule has 2 aromatic rings. The van der Waals surface area contributed by atoms with Crippen LogP contribution in [-0.4, -0.2) is 28.2 Å². The van der Waals surface area contributed by atoms with Crippen molar-refractivity contribution in [2.24, 2.45) is 0 Å². The lowest BCUT2D eigenvalue weighted by Crippen LogP contribution is -2.48. The predicted octanol–water partition coefficient (Wildman–Crippen LogP) is 6.40. The summed E-state index contributed by atoms with van der Waals surface area (Å²) in [5.74, 6) is 0.328. The summed E-state index contributed by atoms with van der Waals surface area (Å²) in [6.07, 6.45) is 5.01. The van der Waals surface area contributed by atoms with Crippen molar-refractivity contribution >= 4 is 11.8 Å². The molecule has 2 amide bonds. The van der Waals surface area contributed by atoms with Crippen molar-refractivity contribution in [3.8, 4) is 11.5 Å². The molecule has 2 aromatic carbocycles. The van der Waals surface area contributed by atoms with Gasteiger partial charge in [0, 0.05) is 12.8 Å². The van der Waals surface area contributed by atoms with Gasteiger partial charge in [0.2, 0.25) is 11.8 Å². The van der Waals surface area contributed by atoms with Crippen LogP contribution in [-0.2, 0) is 33.3 Å². The van der Waals surface area contributed by atoms with Gasteiger partial charge < -0.3 is 20.8 Å². The van der Waals surface area contributed by atoms with Crippen LogP contribution in [0.3, 0.4) is 0 Å². The van der Waals surface area contributed by atoms with Gasteiger partial charge in [-0.15, -0.1) is 0 Å². The summed E-state index contributed by atoms with van der Waals surface area (Å²) in [4.78, 5) is 25.6. The molecule has 0 heterocycles. The number of hydrogen-bond donors (Lipinski definition) is 4. The molecule has 0 saturated carbocycles. The molecule has 6 heteroatoms. The van der Waals surface area contributed by atoms with Gasteiger partial charge in [-0.2, -0.15) is 0 Å². The molecule has 0 bridgehead atoms. The molecule has 0 fully saturated rings. The number of benzene rings is 2. The maximum atomic E-state index is 12.8. The molecule has 0 saturated heterocycles. The maximum Gasteiger partial charge on any atom is 0.221 e. The summed E-state index contributed by atoms with van der Waals surface area (Å²) in [7, 11) is 0. The van der Waals surface area contributed by atoms with Crippen LogP contribution in [0.25, 0.3) is 0 Å². The molecule has 0 aliphatic carbocycles. The highest BCUT2D eigenvalue weighted by Gasteiger charge is 2.20. The molecule has 0 atom stereocenters. The lowest BCUT2D eigenvalue weighted by atomic mass is 9.85. The van der Waals surface area contributed by atoms with E-state index < -0.39 is 6.17 Å². The Hall–Kier alpha value is -3.02. The van der Waals surface area contributed by atoms with Crippen LogP contribution in [0.1, 0.15) is 109 Å². The van der Waals surface area contributed by atoms with Gasteiger partial charge in [0.05, 0.1) is 0 Å². The monoisotopic (exact) mass is 524 g/mol. The van der Waals surface area contributed by atoms with Gasteiger partial charge in [0.15, 0.2) is 0 Å². The molecule has 0 unspecified atom stereocenters. The minimum Gasteiger partial charge on any atom is -0.508 e. The fourth-order valence-electron chi connectivity index (χ4n) is 4.51. The molecule has 2 rings (SSSR count). The number of amides is 2. The van der Waals surface area contributed by atoms with Crippen LogP contribution in [0.15, 0.2) is 36.4 Å². The third-order valence-electron chi connectivity index (χ3n) is 6.79. The fourth-order valence-corrected chi connectivity index (χ4v) is 4.51. The second-order valence-corrected chi connectivity index (χ2v) is 12.4. The van der Waals surface area contributed by atoms with Gasteiger partial charge in [-0.05, 0) is 70.9 Å². The topological polar surface area (TPSA) is 98.7 Å². The first kappa shape index (κ1) is 31.2. The summed E-state index contributed by atoms with van der Waals surface area (Å²) < 4.78 is 0. The number of carbonyl (C=O) groups is 2. The number of rotatable bonds is 12. The van der Waals surface area contributed by atoms with Crippen LogP contribution >= 0.6 is 0 Å². The molecular formula is C32H48N2O4. The minimum absolute atomic E-state index is 0.106. The van der Waals surface area contributed by atoms with Crippen molar-refractivity contribution < 1.29 is 19.8 Å². The van der Waals surface area contributed by atoms with Gasteiger partial charge in [0.25, 0.3) is 0 Å². The van der Waals surface area contributed by atoms with Gasteiger partial charge in [0.1, 0.15) is 17.7 Å². The highest BCUT2D eigenvalue weighted by molar-refractivity contribution is 5.79. The van der Waals surface area contributed by atoms with E-state index in [2.05, 4.69) is 17.6 Å². The lowest BCUT2D eigenvalue weighted by molar-refractivity contribution is -0.124. The van der Waals surface area contributed by atoms with E-state index in [1.807, 2.05) is 65.8 Å². The van der Waals surface area contributed by atoms with E-state index in [0.29, 0.717) is 32.1 Å². The number of carbonyl (C=O) groups excluding carboxylic acids is 2. The normalized spacial score (nSPS) is 12.0. The first-order chi connectivity index (χ1) is 17.7. The van der Waals surface area contributed by atoms with E-state index >= 15 is 0 Å². The molecule has 0 radical (unpaired) electrons. The van der Waals surface area contributed by atoms with Crippen molar-refractivity contribution in [2.45, 2.75) is 117 Å². The zero-order valence-electron chi connectivity index (χ0n) is 24.4. The average molecular weight is 525 g/mol. The van der Waals surface area contributed by atoms with Crippen molar-refractivity contribution in [1.29, 1.82) is 0 Å². The van der Waals surface area contributed by atoms with E-state index in [4.69, 9.17) is 0 Å². The van der Waals surface area contributed by atoms with Gasteiger partial charge in [-0.1, -0.05) is 85.6 Å². The van der Waals surface area contributed by atoms with E-state index in [-0.39, 0.29) is 34.1 Å². The quantitative estimate of drug-likeness (QED) is 0.191. The molecule has 38 heavy (non-hydrogen) atoms. The smallest absolute Gasteiger partial charge is 0.221 e. The van der Waals surface area contributed by atoms with E-state index in [0.717, 1.165) is 41.5 Å². The summed E-state index contributed by atoms with van der Waals surface area (Å²) in [5.41, 5.74) is 3.35. The predicted molar refractivity (Wildman–Crippen MR) is 154 cm³/mol. The van der Waals surface area contributed by atoms with Crippen LogP contribution in [0.2, 0.25) is 0 Å². The maximum absolute atomic E-state index is 12.8. The molecular weight excluding hydrogens is 476 g/mol. The van der Waals surface area contributed by atoms with Gasteiger partial charge in [-0.25, -0.2) is 0 Å². The van der Waals surface area contributed by atoms with Crippen LogP contribution in [0.4, 0.5) is 0 Å². The summed E-state index contributed by atoms with van der Waals surface area (Å²) in [5, 5.41) is 26.4. The van der Waals surface area contributed by atoms with Gasteiger partial charge >= 0.3 is 0 Å². The molecule has 0 aliphatic heterocycles. The van der Waals surface area contributed by atoms with Gasteiger partial charge in [-0.3, -0.25) is 9.59 Å². The van der Waals surface area contributed by atoms with Crippen LogP contribution < -0.4 is 10.6 Å². The lowest BCUT2D eigenvalue weighted by Gasteiger charge is -2.22. The Labute approximate surface area is 229 Å². The van der Waals surface area contributed by atoms with Crippen LogP contribution in [0, 0.1) is 0 Å². The van der Waals surface area contributed by atoms with Crippen LogP contribution in [0.5, 0.6) is 11.5 Å². The fraction of sp³-hybridized carbons (Fsp3) is 0.562. The third kappa shape index (κ3) is 10.0. The standard InChI is InChI=1S/C32H48N2O4/c1-8-9-10-11-28(33-29(37)18-14-22-12-16-26(35)24(20-22)31(2,3)4)34-30(38)19-15-23-13-17-27(36)25(21-23)32(5,6)7/h12-13,16-17,20-21,28,35-36H,8-11,14-15,18-19H2,1-7H3,(H,33,37)(H,34,38). The highest BCUT2D eigenvalue weighted by atomic mass is 16.3. The first-order valence-electron chi connectivity index (χ1n) is 13.9. The number of nitrogens with one attached hydrogen (secondary N) is 2. The van der Waals surface area contributed by atoms with Crippen molar-refractivity contribution in [3.05, 3.63) is 58.7 Å². The number of hydrogen-bond acceptors (Lipinski definition) is 4. The third-order valence-corrected chi connectivity index (χ3v) is 6.79. The number of aryl methyl sites for hydroxylation is 2. The number of aromatic hydroxyl groups is 2. The second-order valence-electron chi connectivity index (χ2n) is 12.4. The summed E-state index contributed by atoms with van der Waals surface area (Å²) in [6, 6.07) is 11.0. The Kier molecular flexibility index (Phi) is 11.2. The highest BCUT2D eigenvalue weighted by Crippen LogP contribution is 2.32. The average Bonchev–Trinajstić information content (AvgIpc) is 2.81.